The number of rotatable bonds is 6. The molecule has 1 aliphatic carbocycles. The monoisotopic (exact) mass is 303 g/mol. The van der Waals surface area contributed by atoms with Gasteiger partial charge in [0, 0.05) is 19.7 Å². The number of carboxylic acids is 1. The Morgan fingerprint density at radius 1 is 1.23 bits per heavy atom. The van der Waals surface area contributed by atoms with E-state index in [0.717, 1.165) is 25.0 Å². The highest BCUT2D eigenvalue weighted by Gasteiger charge is 2.50. The van der Waals surface area contributed by atoms with Gasteiger partial charge in [0.2, 0.25) is 5.91 Å². The normalized spacial score (nSPS) is 26.6. The number of carboxylic acid groups (broad SMARTS) is 1. The van der Waals surface area contributed by atoms with Crippen molar-refractivity contribution >= 4 is 11.9 Å². The Kier molecular flexibility index (Phi) is 4.43. The van der Waals surface area contributed by atoms with Crippen LogP contribution in [0, 0.1) is 11.8 Å². The number of carbonyl (C=O) groups excluding carboxylic acids is 1. The average molecular weight is 303 g/mol. The number of hydrogen-bond acceptors (Lipinski definition) is 3. The Morgan fingerprint density at radius 2 is 2.00 bits per heavy atom. The van der Waals surface area contributed by atoms with Gasteiger partial charge in [-0.1, -0.05) is 30.3 Å². The van der Waals surface area contributed by atoms with E-state index >= 15 is 0 Å². The molecule has 118 valence electrons. The fourth-order valence-corrected chi connectivity index (χ4v) is 3.05. The third-order valence-electron chi connectivity index (χ3n) is 4.40. The molecule has 1 saturated heterocycles. The molecule has 0 aromatic heterocycles. The van der Waals surface area contributed by atoms with Crippen molar-refractivity contribution in [3.63, 3.8) is 0 Å². The molecule has 1 aromatic carbocycles. The molecule has 0 bridgehead atoms. The lowest BCUT2D eigenvalue weighted by molar-refractivity contribution is -0.142. The zero-order chi connectivity index (χ0) is 15.5. The van der Waals surface area contributed by atoms with E-state index in [1.807, 2.05) is 30.3 Å². The molecular weight excluding hydrogens is 282 g/mol. The van der Waals surface area contributed by atoms with Gasteiger partial charge in [-0.3, -0.25) is 9.59 Å². The van der Waals surface area contributed by atoms with Crippen LogP contribution >= 0.6 is 0 Å². The molecule has 1 amide bonds. The molecule has 22 heavy (non-hydrogen) atoms. The Morgan fingerprint density at radius 3 is 2.59 bits per heavy atom. The lowest BCUT2D eigenvalue weighted by atomic mass is 10.1. The van der Waals surface area contributed by atoms with Crippen molar-refractivity contribution in [2.75, 3.05) is 13.2 Å². The van der Waals surface area contributed by atoms with Crippen LogP contribution in [-0.4, -0.2) is 41.1 Å². The number of ether oxygens (including phenoxy) is 1. The maximum atomic E-state index is 12.6. The molecule has 2 fully saturated rings. The van der Waals surface area contributed by atoms with Crippen LogP contribution in [0.4, 0.5) is 0 Å². The van der Waals surface area contributed by atoms with Crippen LogP contribution in [0.5, 0.6) is 0 Å². The molecular formula is C17H21NO4. The van der Waals surface area contributed by atoms with E-state index in [9.17, 15) is 9.59 Å². The van der Waals surface area contributed by atoms with Crippen LogP contribution in [0.1, 0.15) is 24.8 Å². The second-order valence-corrected chi connectivity index (χ2v) is 6.13. The van der Waals surface area contributed by atoms with E-state index in [-0.39, 0.29) is 17.9 Å². The highest BCUT2D eigenvalue weighted by Crippen LogP contribution is 2.40. The molecule has 0 spiro atoms. The van der Waals surface area contributed by atoms with Gasteiger partial charge >= 0.3 is 5.97 Å². The quantitative estimate of drug-likeness (QED) is 0.872. The van der Waals surface area contributed by atoms with Crippen molar-refractivity contribution < 1.29 is 19.4 Å². The van der Waals surface area contributed by atoms with Gasteiger partial charge in [0.25, 0.3) is 0 Å². The van der Waals surface area contributed by atoms with Gasteiger partial charge in [0.05, 0.1) is 17.9 Å². The number of aliphatic carboxylic acids is 1. The summed E-state index contributed by atoms with van der Waals surface area (Å²) in [6.07, 6.45) is 2.53. The minimum absolute atomic E-state index is 0.0493. The van der Waals surface area contributed by atoms with Crippen LogP contribution in [0.15, 0.2) is 30.3 Å². The maximum Gasteiger partial charge on any atom is 0.307 e. The molecule has 5 heteroatoms. The molecule has 1 heterocycles. The van der Waals surface area contributed by atoms with E-state index in [4.69, 9.17) is 9.84 Å². The van der Waals surface area contributed by atoms with Crippen molar-refractivity contribution in [3.05, 3.63) is 35.9 Å². The first-order chi connectivity index (χ1) is 10.6. The van der Waals surface area contributed by atoms with Crippen molar-refractivity contribution in [1.29, 1.82) is 0 Å². The summed E-state index contributed by atoms with van der Waals surface area (Å²) in [4.78, 5) is 25.4. The van der Waals surface area contributed by atoms with Gasteiger partial charge in [-0.05, 0) is 24.8 Å². The molecule has 0 radical (unpaired) electrons. The lowest BCUT2D eigenvalue weighted by Crippen LogP contribution is -2.38. The number of hydrogen-bond donors (Lipinski definition) is 1. The fourth-order valence-electron chi connectivity index (χ4n) is 3.05. The summed E-state index contributed by atoms with van der Waals surface area (Å²) < 4.78 is 5.64. The molecule has 1 aromatic rings. The second-order valence-electron chi connectivity index (χ2n) is 6.13. The average Bonchev–Trinajstić information content (AvgIpc) is 3.17. The van der Waals surface area contributed by atoms with E-state index in [1.165, 1.54) is 0 Å². The molecule has 1 saturated carbocycles. The van der Waals surface area contributed by atoms with Crippen molar-refractivity contribution in [2.45, 2.75) is 31.9 Å². The van der Waals surface area contributed by atoms with Crippen molar-refractivity contribution in [2.24, 2.45) is 11.8 Å². The summed E-state index contributed by atoms with van der Waals surface area (Å²) in [5.41, 5.74) is 1.06. The molecule has 1 N–H and O–H groups in total. The van der Waals surface area contributed by atoms with Crippen LogP contribution in [0.2, 0.25) is 0 Å². The molecule has 5 nitrogen and oxygen atoms in total. The van der Waals surface area contributed by atoms with Crippen LogP contribution in [0.25, 0.3) is 0 Å². The molecule has 1 aliphatic heterocycles. The summed E-state index contributed by atoms with van der Waals surface area (Å²) in [6.45, 7) is 1.82. The summed E-state index contributed by atoms with van der Waals surface area (Å²) in [5.74, 6) is -1.78. The maximum absolute atomic E-state index is 12.6. The first-order valence-corrected chi connectivity index (χ1v) is 7.82. The molecule has 3 rings (SSSR count). The third-order valence-corrected chi connectivity index (χ3v) is 4.40. The number of nitrogens with zero attached hydrogens (tertiary/aromatic N) is 1. The highest BCUT2D eigenvalue weighted by molar-refractivity contribution is 5.89. The van der Waals surface area contributed by atoms with Gasteiger partial charge in [0.15, 0.2) is 0 Å². The Labute approximate surface area is 129 Å². The Bertz CT molecular complexity index is 539. The van der Waals surface area contributed by atoms with Gasteiger partial charge in [-0.15, -0.1) is 0 Å². The predicted octanol–water partition coefficient (Wildman–Crippen LogP) is 1.91. The minimum Gasteiger partial charge on any atom is -0.481 e. The zero-order valence-electron chi connectivity index (χ0n) is 12.5. The number of amides is 1. The summed E-state index contributed by atoms with van der Waals surface area (Å²) in [6, 6.07) is 9.80. The Hall–Kier alpha value is -1.88. The van der Waals surface area contributed by atoms with Gasteiger partial charge in [0.1, 0.15) is 0 Å². The first kappa shape index (κ1) is 15.0. The van der Waals surface area contributed by atoms with Crippen molar-refractivity contribution in [3.8, 4) is 0 Å². The number of carbonyl (C=O) groups is 2. The second kappa shape index (κ2) is 6.48. The lowest BCUT2D eigenvalue weighted by Gasteiger charge is -2.26. The summed E-state index contributed by atoms with van der Waals surface area (Å²) >= 11 is 0. The standard InChI is InChI=1S/C17H21NO4/c19-16(14-9-15(14)17(20)21)18(11-13-7-4-8-22-13)10-12-5-2-1-3-6-12/h1-3,5-6,13-15H,4,7-11H2,(H,20,21). The van der Waals surface area contributed by atoms with Crippen molar-refractivity contribution in [1.82, 2.24) is 4.90 Å². The topological polar surface area (TPSA) is 66.8 Å². The molecule has 3 atom stereocenters. The minimum atomic E-state index is -0.866. The van der Waals surface area contributed by atoms with Gasteiger partial charge in [-0.25, -0.2) is 0 Å². The smallest absolute Gasteiger partial charge is 0.307 e. The largest absolute Gasteiger partial charge is 0.481 e. The predicted molar refractivity (Wildman–Crippen MR) is 80.1 cm³/mol. The van der Waals surface area contributed by atoms with Crippen LogP contribution < -0.4 is 0 Å². The number of benzene rings is 1. The molecule has 2 aliphatic rings. The SMILES string of the molecule is O=C(O)C1CC1C(=O)N(Cc1ccccc1)CC1CCCO1. The zero-order valence-corrected chi connectivity index (χ0v) is 12.5. The van der Waals surface area contributed by atoms with Crippen LogP contribution in [0.3, 0.4) is 0 Å². The van der Waals surface area contributed by atoms with E-state index in [1.54, 1.807) is 4.90 Å². The first-order valence-electron chi connectivity index (χ1n) is 7.82. The summed E-state index contributed by atoms with van der Waals surface area (Å²) in [5, 5.41) is 9.03. The van der Waals surface area contributed by atoms with E-state index in [2.05, 4.69) is 0 Å². The van der Waals surface area contributed by atoms with Gasteiger partial charge in [-0.2, -0.15) is 0 Å². The fraction of sp³-hybridized carbons (Fsp3) is 0.529. The third kappa shape index (κ3) is 3.47. The van der Waals surface area contributed by atoms with Gasteiger partial charge < -0.3 is 14.7 Å². The summed E-state index contributed by atoms with van der Waals surface area (Å²) in [7, 11) is 0. The molecule has 3 unspecified atom stereocenters. The highest BCUT2D eigenvalue weighted by atomic mass is 16.5. The van der Waals surface area contributed by atoms with E-state index < -0.39 is 11.9 Å². The Balaban J connectivity index is 1.68. The van der Waals surface area contributed by atoms with Crippen LogP contribution in [-0.2, 0) is 20.9 Å². The van der Waals surface area contributed by atoms with E-state index in [0.29, 0.717) is 19.5 Å².